The third-order valence-corrected chi connectivity index (χ3v) is 3.08. The maximum Gasteiger partial charge on any atom is 0.422 e. The molecule has 0 aliphatic rings. The van der Waals surface area contributed by atoms with Crippen molar-refractivity contribution in [3.63, 3.8) is 0 Å². The van der Waals surface area contributed by atoms with E-state index in [4.69, 9.17) is 5.73 Å². The molecule has 2 unspecified atom stereocenters. The molecule has 1 amide bonds. The van der Waals surface area contributed by atoms with Crippen molar-refractivity contribution in [3.8, 4) is 5.75 Å². The van der Waals surface area contributed by atoms with E-state index in [2.05, 4.69) is 10.1 Å². The van der Waals surface area contributed by atoms with Gasteiger partial charge in [0.2, 0.25) is 5.91 Å². The molecular formula is C14H20ClF3N2O2. The standard InChI is InChI=1S/C14H19F3N2O2.ClH/c1-3-9(2)12(18)13(20)19-10-4-6-11(7-5-10)21-8-14(15,16)17;/h4-7,9,12H,3,8,18H2,1-2H3,(H,19,20);1H. The monoisotopic (exact) mass is 340 g/mol. The fourth-order valence-corrected chi connectivity index (χ4v) is 1.54. The molecule has 1 rings (SSSR count). The van der Waals surface area contributed by atoms with Gasteiger partial charge < -0.3 is 15.8 Å². The molecule has 1 aromatic rings. The summed E-state index contributed by atoms with van der Waals surface area (Å²) in [6.07, 6.45) is -3.60. The minimum absolute atomic E-state index is 0. The summed E-state index contributed by atoms with van der Waals surface area (Å²) in [5.74, 6) is -0.204. The molecule has 126 valence electrons. The van der Waals surface area contributed by atoms with Crippen molar-refractivity contribution in [3.05, 3.63) is 24.3 Å². The predicted octanol–water partition coefficient (Wildman–Crippen LogP) is 3.36. The lowest BCUT2D eigenvalue weighted by Gasteiger charge is -2.17. The summed E-state index contributed by atoms with van der Waals surface area (Å²) < 4.78 is 40.6. The molecule has 1 aromatic carbocycles. The summed E-state index contributed by atoms with van der Waals surface area (Å²) in [5, 5.41) is 2.61. The number of alkyl halides is 3. The first-order chi connectivity index (χ1) is 9.73. The molecule has 8 heteroatoms. The third-order valence-electron chi connectivity index (χ3n) is 3.08. The van der Waals surface area contributed by atoms with Crippen LogP contribution in [0.1, 0.15) is 20.3 Å². The lowest BCUT2D eigenvalue weighted by Crippen LogP contribution is -2.40. The highest BCUT2D eigenvalue weighted by Gasteiger charge is 2.28. The Hall–Kier alpha value is -1.47. The normalized spacial score (nSPS) is 13.7. The van der Waals surface area contributed by atoms with Crippen LogP contribution in [0.2, 0.25) is 0 Å². The summed E-state index contributed by atoms with van der Waals surface area (Å²) in [5.41, 5.74) is 6.24. The largest absolute Gasteiger partial charge is 0.484 e. The third kappa shape index (κ3) is 7.00. The topological polar surface area (TPSA) is 64.4 Å². The van der Waals surface area contributed by atoms with Gasteiger partial charge in [-0.2, -0.15) is 13.2 Å². The molecule has 3 N–H and O–H groups in total. The highest BCUT2D eigenvalue weighted by atomic mass is 35.5. The van der Waals surface area contributed by atoms with Gasteiger partial charge in [0.25, 0.3) is 0 Å². The summed E-state index contributed by atoms with van der Waals surface area (Å²) >= 11 is 0. The van der Waals surface area contributed by atoms with Crippen molar-refractivity contribution in [2.24, 2.45) is 11.7 Å². The molecule has 0 fully saturated rings. The minimum atomic E-state index is -4.38. The SMILES string of the molecule is CCC(C)C(N)C(=O)Nc1ccc(OCC(F)(F)F)cc1.Cl. The minimum Gasteiger partial charge on any atom is -0.484 e. The summed E-state index contributed by atoms with van der Waals surface area (Å²) in [7, 11) is 0. The number of hydrogen-bond acceptors (Lipinski definition) is 3. The van der Waals surface area contributed by atoms with E-state index >= 15 is 0 Å². The molecule has 22 heavy (non-hydrogen) atoms. The molecule has 0 bridgehead atoms. The Morgan fingerprint density at radius 1 is 1.32 bits per heavy atom. The maximum absolute atomic E-state index is 12.0. The molecule has 0 aromatic heterocycles. The van der Waals surface area contributed by atoms with Crippen LogP contribution in [0.25, 0.3) is 0 Å². The number of nitrogens with two attached hydrogens (primary N) is 1. The van der Waals surface area contributed by atoms with E-state index in [0.29, 0.717) is 5.69 Å². The highest BCUT2D eigenvalue weighted by molar-refractivity contribution is 5.94. The molecule has 0 saturated carbocycles. The molecule has 0 saturated heterocycles. The zero-order valence-electron chi connectivity index (χ0n) is 12.3. The summed E-state index contributed by atoms with van der Waals surface area (Å²) in [6.45, 7) is 2.46. The van der Waals surface area contributed by atoms with Crippen LogP contribution in [-0.2, 0) is 4.79 Å². The van der Waals surface area contributed by atoms with Gasteiger partial charge in [0.05, 0.1) is 6.04 Å². The van der Waals surface area contributed by atoms with Crippen LogP contribution < -0.4 is 15.8 Å². The Morgan fingerprint density at radius 3 is 2.32 bits per heavy atom. The van der Waals surface area contributed by atoms with Gasteiger partial charge in [0.1, 0.15) is 5.75 Å². The van der Waals surface area contributed by atoms with Gasteiger partial charge in [-0.1, -0.05) is 20.3 Å². The Morgan fingerprint density at radius 2 is 1.86 bits per heavy atom. The number of hydrogen-bond donors (Lipinski definition) is 2. The lowest BCUT2D eigenvalue weighted by molar-refractivity contribution is -0.153. The van der Waals surface area contributed by atoms with Gasteiger partial charge in [0, 0.05) is 5.69 Å². The summed E-state index contributed by atoms with van der Waals surface area (Å²) in [6, 6.07) is 5.02. The number of anilines is 1. The first-order valence-electron chi connectivity index (χ1n) is 6.59. The zero-order chi connectivity index (χ0) is 16.0. The van der Waals surface area contributed by atoms with Crippen LogP contribution in [0.3, 0.4) is 0 Å². The Labute approximate surface area is 133 Å². The fourth-order valence-electron chi connectivity index (χ4n) is 1.54. The van der Waals surface area contributed by atoms with Crippen LogP contribution in [0, 0.1) is 5.92 Å². The smallest absolute Gasteiger partial charge is 0.422 e. The van der Waals surface area contributed by atoms with Crippen LogP contribution in [0.5, 0.6) is 5.75 Å². The lowest BCUT2D eigenvalue weighted by atomic mass is 9.99. The van der Waals surface area contributed by atoms with Crippen molar-refractivity contribution in [1.29, 1.82) is 0 Å². The molecule has 2 atom stereocenters. The van der Waals surface area contributed by atoms with E-state index in [1.165, 1.54) is 24.3 Å². The molecule has 4 nitrogen and oxygen atoms in total. The average molecular weight is 341 g/mol. The van der Waals surface area contributed by atoms with Crippen LogP contribution >= 0.6 is 12.4 Å². The maximum atomic E-state index is 12.0. The van der Waals surface area contributed by atoms with Crippen LogP contribution in [0.15, 0.2) is 24.3 Å². The van der Waals surface area contributed by atoms with Gasteiger partial charge in [-0.25, -0.2) is 0 Å². The molecule has 0 aliphatic carbocycles. The van der Waals surface area contributed by atoms with Crippen molar-refractivity contribution in [1.82, 2.24) is 0 Å². The van der Waals surface area contributed by atoms with E-state index in [1.807, 2.05) is 13.8 Å². The number of amides is 1. The van der Waals surface area contributed by atoms with Crippen LogP contribution in [-0.4, -0.2) is 24.7 Å². The van der Waals surface area contributed by atoms with Gasteiger partial charge in [-0.05, 0) is 30.2 Å². The number of nitrogens with one attached hydrogen (secondary N) is 1. The summed E-state index contributed by atoms with van der Waals surface area (Å²) in [4.78, 5) is 11.8. The second-order valence-corrected chi connectivity index (χ2v) is 4.83. The van der Waals surface area contributed by atoms with E-state index in [-0.39, 0.29) is 30.0 Å². The number of carbonyl (C=O) groups is 1. The van der Waals surface area contributed by atoms with E-state index in [9.17, 15) is 18.0 Å². The second-order valence-electron chi connectivity index (χ2n) is 4.83. The van der Waals surface area contributed by atoms with E-state index in [0.717, 1.165) is 6.42 Å². The second kappa shape index (κ2) is 8.85. The highest BCUT2D eigenvalue weighted by Crippen LogP contribution is 2.20. The number of ether oxygens (including phenoxy) is 1. The quantitative estimate of drug-likeness (QED) is 0.834. The molecule has 0 spiro atoms. The zero-order valence-corrected chi connectivity index (χ0v) is 13.1. The van der Waals surface area contributed by atoms with Crippen molar-refractivity contribution < 1.29 is 22.7 Å². The number of benzene rings is 1. The van der Waals surface area contributed by atoms with E-state index in [1.54, 1.807) is 0 Å². The van der Waals surface area contributed by atoms with Gasteiger partial charge in [-0.3, -0.25) is 4.79 Å². The molecule has 0 aliphatic heterocycles. The number of rotatable bonds is 6. The van der Waals surface area contributed by atoms with Crippen molar-refractivity contribution in [2.75, 3.05) is 11.9 Å². The number of halogens is 4. The Balaban J connectivity index is 0.00000441. The van der Waals surface area contributed by atoms with Gasteiger partial charge in [0.15, 0.2) is 6.61 Å². The first kappa shape index (κ1) is 20.5. The van der Waals surface area contributed by atoms with Crippen molar-refractivity contribution in [2.45, 2.75) is 32.5 Å². The molecular weight excluding hydrogens is 321 g/mol. The van der Waals surface area contributed by atoms with E-state index < -0.39 is 18.8 Å². The first-order valence-corrected chi connectivity index (χ1v) is 6.59. The average Bonchev–Trinajstić information content (AvgIpc) is 2.44. The fraction of sp³-hybridized carbons (Fsp3) is 0.500. The predicted molar refractivity (Wildman–Crippen MR) is 81.3 cm³/mol. The Bertz CT molecular complexity index is 466. The van der Waals surface area contributed by atoms with Crippen LogP contribution in [0.4, 0.5) is 18.9 Å². The molecule has 0 heterocycles. The van der Waals surface area contributed by atoms with Crippen molar-refractivity contribution >= 4 is 24.0 Å². The van der Waals surface area contributed by atoms with Gasteiger partial charge in [-0.15, -0.1) is 12.4 Å². The number of carbonyl (C=O) groups excluding carboxylic acids is 1. The molecule has 0 radical (unpaired) electrons. The Kier molecular flexibility index (Phi) is 8.26. The van der Waals surface area contributed by atoms with Gasteiger partial charge >= 0.3 is 6.18 Å².